The third kappa shape index (κ3) is 3.85. The van der Waals surface area contributed by atoms with Gasteiger partial charge >= 0.3 is 0 Å². The molecule has 196 valence electrons. The van der Waals surface area contributed by atoms with Crippen molar-refractivity contribution >= 4 is 7.92 Å². The fourth-order valence-corrected chi connectivity index (χ4v) is 17.0. The van der Waals surface area contributed by atoms with E-state index in [1.54, 1.807) is 82.6 Å². The van der Waals surface area contributed by atoms with Crippen LogP contribution in [-0.4, -0.2) is 10.3 Å². The largest absolute Gasteiger partial charge is 0.0894 e. The summed E-state index contributed by atoms with van der Waals surface area (Å²) in [7, 11) is 0.0333. The zero-order valence-corrected chi connectivity index (χ0v) is 24.2. The number of rotatable bonds is 6. The quantitative estimate of drug-likeness (QED) is 0.339. The Labute approximate surface area is 227 Å². The van der Waals surface area contributed by atoms with Crippen LogP contribution in [0.5, 0.6) is 0 Å². The van der Waals surface area contributed by atoms with Gasteiger partial charge in [0.1, 0.15) is 0 Å². The maximum atomic E-state index is 2.57. The van der Waals surface area contributed by atoms with E-state index in [9.17, 15) is 0 Å². The molecule has 8 bridgehead atoms. The van der Waals surface area contributed by atoms with Gasteiger partial charge in [0, 0.05) is 5.41 Å². The van der Waals surface area contributed by atoms with Gasteiger partial charge in [-0.25, -0.2) is 0 Å². The van der Waals surface area contributed by atoms with Gasteiger partial charge in [-0.1, -0.05) is 76.4 Å². The SMILES string of the molecule is CC(C)(c1ccccc1)c1ccc(CP(C23CC4CC(CC(C4)C2)C3)C23CC4CC(CC(C4)C2)C3)cc1. The second kappa shape index (κ2) is 8.43. The first-order valence-corrected chi connectivity index (χ1v) is 17.3. The molecule has 0 spiro atoms. The lowest BCUT2D eigenvalue weighted by molar-refractivity contribution is 0.0184. The van der Waals surface area contributed by atoms with Crippen molar-refractivity contribution in [2.45, 2.75) is 113 Å². The minimum Gasteiger partial charge on any atom is -0.0894 e. The van der Waals surface area contributed by atoms with Gasteiger partial charge in [-0.3, -0.25) is 0 Å². The molecule has 0 nitrogen and oxygen atoms in total. The first-order chi connectivity index (χ1) is 17.9. The van der Waals surface area contributed by atoms with Crippen LogP contribution in [0.3, 0.4) is 0 Å². The van der Waals surface area contributed by atoms with Crippen molar-refractivity contribution in [1.29, 1.82) is 0 Å². The van der Waals surface area contributed by atoms with Crippen LogP contribution in [0, 0.1) is 35.5 Å². The second-order valence-electron chi connectivity index (χ2n) is 15.6. The van der Waals surface area contributed by atoms with E-state index in [4.69, 9.17) is 0 Å². The third-order valence-corrected chi connectivity index (χ3v) is 16.7. The highest BCUT2D eigenvalue weighted by molar-refractivity contribution is 7.60. The van der Waals surface area contributed by atoms with Crippen molar-refractivity contribution in [3.05, 3.63) is 71.3 Å². The van der Waals surface area contributed by atoms with Crippen molar-refractivity contribution in [1.82, 2.24) is 0 Å². The molecule has 2 aromatic rings. The smallest absolute Gasteiger partial charge is 0.0146 e. The van der Waals surface area contributed by atoms with E-state index in [-0.39, 0.29) is 13.3 Å². The predicted octanol–water partition coefficient (Wildman–Crippen LogP) is 9.93. The van der Waals surface area contributed by atoms with E-state index in [1.807, 2.05) is 0 Å². The van der Waals surface area contributed by atoms with Gasteiger partial charge < -0.3 is 0 Å². The molecule has 0 aliphatic heterocycles. The Morgan fingerprint density at radius 2 is 0.946 bits per heavy atom. The molecule has 0 saturated heterocycles. The van der Waals surface area contributed by atoms with Crippen LogP contribution in [0.2, 0.25) is 0 Å². The molecule has 0 amide bonds. The van der Waals surface area contributed by atoms with Gasteiger partial charge in [-0.15, -0.1) is 0 Å². The first-order valence-electron chi connectivity index (χ1n) is 15.8. The Bertz CT molecular complexity index is 1030. The van der Waals surface area contributed by atoms with Gasteiger partial charge in [-0.05, 0) is 146 Å². The van der Waals surface area contributed by atoms with E-state index in [2.05, 4.69) is 68.4 Å². The Morgan fingerprint density at radius 3 is 1.35 bits per heavy atom. The normalized spacial score (nSPS) is 42.3. The van der Waals surface area contributed by atoms with Crippen LogP contribution >= 0.6 is 7.92 Å². The molecule has 8 aliphatic rings. The van der Waals surface area contributed by atoms with E-state index >= 15 is 0 Å². The summed E-state index contributed by atoms with van der Waals surface area (Å²) in [4.78, 5) is 0. The summed E-state index contributed by atoms with van der Waals surface area (Å²) in [6, 6.07) is 21.2. The zero-order chi connectivity index (χ0) is 24.8. The van der Waals surface area contributed by atoms with Crippen LogP contribution in [0.4, 0.5) is 0 Å². The Morgan fingerprint density at radius 1 is 0.568 bits per heavy atom. The molecule has 8 saturated carbocycles. The third-order valence-electron chi connectivity index (χ3n) is 12.7. The predicted molar refractivity (Wildman–Crippen MR) is 157 cm³/mol. The lowest BCUT2D eigenvalue weighted by Gasteiger charge is -2.67. The lowest BCUT2D eigenvalue weighted by atomic mass is 9.55. The first kappa shape index (κ1) is 23.7. The summed E-state index contributed by atoms with van der Waals surface area (Å²) in [5.74, 6) is 6.50. The summed E-state index contributed by atoms with van der Waals surface area (Å²) in [6.07, 6.45) is 20.7. The average molecular weight is 511 g/mol. The maximum absolute atomic E-state index is 2.57. The fraction of sp³-hybridized carbons (Fsp3) is 0.667. The number of benzene rings is 2. The Hall–Kier alpha value is -1.13. The van der Waals surface area contributed by atoms with Crippen LogP contribution in [-0.2, 0) is 11.6 Å². The van der Waals surface area contributed by atoms with Gasteiger partial charge in [0.15, 0.2) is 0 Å². The minimum atomic E-state index is 0.0333. The van der Waals surface area contributed by atoms with E-state index in [1.165, 1.54) is 17.3 Å². The maximum Gasteiger partial charge on any atom is 0.0146 e. The number of hydrogen-bond acceptors (Lipinski definition) is 0. The topological polar surface area (TPSA) is 0 Å². The molecule has 0 unspecified atom stereocenters. The van der Waals surface area contributed by atoms with Gasteiger partial charge in [0.05, 0.1) is 0 Å². The highest BCUT2D eigenvalue weighted by Crippen LogP contribution is 2.79. The van der Waals surface area contributed by atoms with Crippen LogP contribution in [0.1, 0.15) is 108 Å². The summed E-state index contributed by atoms with van der Waals surface area (Å²) in [6.45, 7) is 4.80. The molecule has 0 atom stereocenters. The minimum absolute atomic E-state index is 0.0333. The zero-order valence-electron chi connectivity index (χ0n) is 23.3. The van der Waals surface area contributed by atoms with Crippen molar-refractivity contribution < 1.29 is 0 Å². The molecular weight excluding hydrogens is 463 g/mol. The van der Waals surface area contributed by atoms with E-state index in [0.29, 0.717) is 0 Å². The molecule has 8 fully saturated rings. The van der Waals surface area contributed by atoms with Crippen molar-refractivity contribution in [3.8, 4) is 0 Å². The standard InChI is InChI=1S/C36H47P/c1-34(2,32-6-4-3-5-7-32)33-10-8-25(9-11-33)24-37(35-18-26-12-27(19-35)14-28(13-26)20-35)36-21-29-15-30(22-36)17-31(16-29)23-36/h3-11,26-31H,12-24H2,1-2H3. The van der Waals surface area contributed by atoms with Crippen molar-refractivity contribution in [2.24, 2.45) is 35.5 Å². The molecule has 1 heteroatoms. The molecule has 0 heterocycles. The molecule has 0 N–H and O–H groups in total. The molecule has 2 aromatic carbocycles. The van der Waals surface area contributed by atoms with Crippen LogP contribution in [0.25, 0.3) is 0 Å². The summed E-state index contributed by atoms with van der Waals surface area (Å²) < 4.78 is 0. The van der Waals surface area contributed by atoms with E-state index < -0.39 is 0 Å². The highest BCUT2D eigenvalue weighted by atomic mass is 31.1. The van der Waals surface area contributed by atoms with Crippen LogP contribution in [0.15, 0.2) is 54.6 Å². The van der Waals surface area contributed by atoms with Gasteiger partial charge in [0.2, 0.25) is 0 Å². The summed E-state index contributed by atoms with van der Waals surface area (Å²) in [5, 5.41) is 1.47. The van der Waals surface area contributed by atoms with Crippen molar-refractivity contribution in [2.75, 3.05) is 0 Å². The Kier molecular flexibility index (Phi) is 5.41. The lowest BCUT2D eigenvalue weighted by Crippen LogP contribution is -2.56. The second-order valence-corrected chi connectivity index (χ2v) is 18.6. The molecular formula is C36H47P. The molecule has 8 aliphatic carbocycles. The summed E-state index contributed by atoms with van der Waals surface area (Å²) >= 11 is 0. The Balaban J connectivity index is 1.14. The average Bonchev–Trinajstić information content (AvgIpc) is 2.86. The van der Waals surface area contributed by atoms with Gasteiger partial charge in [-0.2, -0.15) is 0 Å². The van der Waals surface area contributed by atoms with Crippen molar-refractivity contribution in [3.63, 3.8) is 0 Å². The fourth-order valence-electron chi connectivity index (χ4n) is 11.9. The molecule has 0 radical (unpaired) electrons. The highest BCUT2D eigenvalue weighted by Gasteiger charge is 2.62. The number of hydrogen-bond donors (Lipinski definition) is 0. The monoisotopic (exact) mass is 510 g/mol. The summed E-state index contributed by atoms with van der Waals surface area (Å²) in [5.41, 5.74) is 4.62. The van der Waals surface area contributed by atoms with Crippen LogP contribution < -0.4 is 0 Å². The molecule has 0 aromatic heterocycles. The van der Waals surface area contributed by atoms with Gasteiger partial charge in [0.25, 0.3) is 0 Å². The van der Waals surface area contributed by atoms with E-state index in [0.717, 1.165) is 45.8 Å². The molecule has 10 rings (SSSR count). The molecule has 37 heavy (non-hydrogen) atoms.